The normalized spacial score (nSPS) is 13.7. The Morgan fingerprint density at radius 2 is 1.86 bits per heavy atom. The molecule has 0 radical (unpaired) electrons. The van der Waals surface area contributed by atoms with Crippen molar-refractivity contribution < 1.29 is 4.98 Å². The van der Waals surface area contributed by atoms with Gasteiger partial charge in [-0.15, -0.1) is 0 Å². The summed E-state index contributed by atoms with van der Waals surface area (Å²) >= 11 is 6.30. The Labute approximate surface area is 128 Å². The van der Waals surface area contributed by atoms with Gasteiger partial charge in [-0.05, 0) is 24.3 Å². The predicted octanol–water partition coefficient (Wildman–Crippen LogP) is 3.58. The number of aromatic nitrogens is 1. The van der Waals surface area contributed by atoms with E-state index in [-0.39, 0.29) is 0 Å². The third-order valence-corrected chi connectivity index (χ3v) is 4.39. The summed E-state index contributed by atoms with van der Waals surface area (Å²) in [5.74, 6) is 1.08. The number of fused-ring (bicyclic) bond motifs is 2. The van der Waals surface area contributed by atoms with Gasteiger partial charge in [0.1, 0.15) is 11.2 Å². The molecule has 104 valence electrons. The van der Waals surface area contributed by atoms with Crippen LogP contribution in [-0.4, -0.2) is 6.54 Å². The van der Waals surface area contributed by atoms with Crippen LogP contribution in [0.2, 0.25) is 5.02 Å². The zero-order valence-electron chi connectivity index (χ0n) is 11.4. The molecule has 0 fully saturated rings. The summed E-state index contributed by atoms with van der Waals surface area (Å²) in [4.78, 5) is 5.77. The van der Waals surface area contributed by atoms with Crippen LogP contribution in [0.4, 0.5) is 17.2 Å². The second-order valence-corrected chi connectivity index (χ2v) is 5.67. The molecule has 0 saturated carbocycles. The lowest BCUT2D eigenvalue weighted by molar-refractivity contribution is -0.329. The zero-order chi connectivity index (χ0) is 14.4. The topological polar surface area (TPSA) is 43.4 Å². The fourth-order valence-electron chi connectivity index (χ4n) is 3.07. The van der Waals surface area contributed by atoms with Crippen molar-refractivity contribution in [1.82, 2.24) is 0 Å². The number of hydrogen-bond acceptors (Lipinski definition) is 2. The molecule has 4 heteroatoms. The van der Waals surface area contributed by atoms with Gasteiger partial charge in [0.05, 0.1) is 28.2 Å². The standard InChI is InChI=1S/C17H14ClN3/c18-13-7-4-8-14-15(13)16(19)12-9-10-21(17(12)20-14)11-5-2-1-3-6-11/h1-8H,9-10H2,(H2,19,20)/p+1. The Hall–Kier alpha value is -2.26. The first-order chi connectivity index (χ1) is 10.3. The van der Waals surface area contributed by atoms with Crippen LogP contribution in [0.3, 0.4) is 0 Å². The summed E-state index contributed by atoms with van der Waals surface area (Å²) in [5.41, 5.74) is 10.5. The van der Waals surface area contributed by atoms with Crippen LogP contribution in [0.25, 0.3) is 10.9 Å². The number of rotatable bonds is 1. The molecule has 21 heavy (non-hydrogen) atoms. The quantitative estimate of drug-likeness (QED) is 0.746. The molecule has 1 aromatic heterocycles. The highest BCUT2D eigenvalue weighted by Gasteiger charge is 2.32. The summed E-state index contributed by atoms with van der Waals surface area (Å²) in [5, 5.41) is 1.62. The lowest BCUT2D eigenvalue weighted by Gasteiger charge is -2.12. The van der Waals surface area contributed by atoms with Gasteiger partial charge >= 0.3 is 0 Å². The highest BCUT2D eigenvalue weighted by molar-refractivity contribution is 6.36. The van der Waals surface area contributed by atoms with Crippen LogP contribution in [0.15, 0.2) is 48.5 Å². The Kier molecular flexibility index (Phi) is 2.76. The molecule has 3 N–H and O–H groups in total. The summed E-state index contributed by atoms with van der Waals surface area (Å²) < 4.78 is 0. The van der Waals surface area contributed by atoms with Gasteiger partial charge in [0, 0.05) is 6.42 Å². The highest BCUT2D eigenvalue weighted by Crippen LogP contribution is 2.38. The number of nitrogen functional groups attached to an aromatic ring is 1. The number of benzene rings is 2. The van der Waals surface area contributed by atoms with E-state index in [4.69, 9.17) is 17.3 Å². The fraction of sp³-hybridized carbons (Fsp3) is 0.118. The number of nitrogens with one attached hydrogen (secondary N) is 1. The van der Waals surface area contributed by atoms with Crippen molar-refractivity contribution in [2.45, 2.75) is 6.42 Å². The van der Waals surface area contributed by atoms with Crippen LogP contribution in [0, 0.1) is 0 Å². The molecule has 0 bridgehead atoms. The minimum atomic E-state index is 0.696. The van der Waals surface area contributed by atoms with E-state index in [0.717, 1.165) is 40.9 Å². The first kappa shape index (κ1) is 12.5. The van der Waals surface area contributed by atoms with E-state index in [0.29, 0.717) is 5.02 Å². The molecule has 3 nitrogen and oxygen atoms in total. The van der Waals surface area contributed by atoms with Crippen molar-refractivity contribution in [1.29, 1.82) is 0 Å². The molecular weight excluding hydrogens is 282 g/mol. The monoisotopic (exact) mass is 296 g/mol. The predicted molar refractivity (Wildman–Crippen MR) is 87.1 cm³/mol. The summed E-state index contributed by atoms with van der Waals surface area (Å²) in [7, 11) is 0. The third-order valence-electron chi connectivity index (χ3n) is 4.07. The van der Waals surface area contributed by atoms with Crippen molar-refractivity contribution in [3.05, 3.63) is 59.1 Å². The minimum Gasteiger partial charge on any atom is -0.398 e. The molecule has 2 aromatic carbocycles. The van der Waals surface area contributed by atoms with Crippen molar-refractivity contribution in [2.75, 3.05) is 17.2 Å². The molecule has 0 aliphatic carbocycles. The number of para-hydroxylation sites is 1. The van der Waals surface area contributed by atoms with Gasteiger partial charge in [0.15, 0.2) is 0 Å². The van der Waals surface area contributed by atoms with Crippen molar-refractivity contribution in [3.63, 3.8) is 0 Å². The third kappa shape index (κ3) is 1.85. The molecule has 3 aromatic rings. The van der Waals surface area contributed by atoms with Gasteiger partial charge in [0.2, 0.25) is 0 Å². The summed E-state index contributed by atoms with van der Waals surface area (Å²) in [6.45, 7) is 0.925. The van der Waals surface area contributed by atoms with E-state index >= 15 is 0 Å². The zero-order valence-corrected chi connectivity index (χ0v) is 12.2. The molecule has 0 saturated heterocycles. The smallest absolute Gasteiger partial charge is 0.285 e. The number of H-pyrrole nitrogens is 1. The number of halogens is 1. The van der Waals surface area contributed by atoms with Crippen molar-refractivity contribution in [2.24, 2.45) is 0 Å². The summed E-state index contributed by atoms with van der Waals surface area (Å²) in [6, 6.07) is 16.2. The molecule has 2 heterocycles. The van der Waals surface area contributed by atoms with Crippen LogP contribution in [0.1, 0.15) is 5.56 Å². The SMILES string of the molecule is Nc1c2c([nH+]c3cccc(Cl)c13)N(c1ccccc1)CC2. The molecule has 0 amide bonds. The van der Waals surface area contributed by atoms with Crippen LogP contribution < -0.4 is 15.6 Å². The second kappa shape index (κ2) is 4.64. The van der Waals surface area contributed by atoms with E-state index < -0.39 is 0 Å². The van der Waals surface area contributed by atoms with Gasteiger partial charge in [0.25, 0.3) is 5.82 Å². The number of nitrogens with zero attached hydrogens (tertiary/aromatic N) is 1. The molecule has 1 aliphatic heterocycles. The van der Waals surface area contributed by atoms with Crippen molar-refractivity contribution in [3.8, 4) is 0 Å². The maximum Gasteiger partial charge on any atom is 0.285 e. The molecule has 0 unspecified atom stereocenters. The maximum absolute atomic E-state index is 6.38. The number of pyridine rings is 1. The lowest BCUT2D eigenvalue weighted by Crippen LogP contribution is -2.21. The van der Waals surface area contributed by atoms with E-state index in [2.05, 4.69) is 34.1 Å². The first-order valence-corrected chi connectivity index (χ1v) is 7.38. The maximum atomic E-state index is 6.38. The average Bonchev–Trinajstić information content (AvgIpc) is 2.92. The van der Waals surface area contributed by atoms with E-state index in [9.17, 15) is 0 Å². The second-order valence-electron chi connectivity index (χ2n) is 5.27. The molecule has 1 aliphatic rings. The number of nitrogens with two attached hydrogens (primary N) is 1. The number of anilines is 3. The summed E-state index contributed by atoms with van der Waals surface area (Å²) in [6.07, 6.45) is 0.924. The highest BCUT2D eigenvalue weighted by atomic mass is 35.5. The first-order valence-electron chi connectivity index (χ1n) is 7.00. The van der Waals surface area contributed by atoms with Gasteiger partial charge in [-0.2, -0.15) is 0 Å². The molecule has 4 rings (SSSR count). The van der Waals surface area contributed by atoms with E-state index in [1.54, 1.807) is 0 Å². The average molecular weight is 297 g/mol. The van der Waals surface area contributed by atoms with Gasteiger partial charge in [-0.25, -0.2) is 9.88 Å². The Morgan fingerprint density at radius 3 is 2.67 bits per heavy atom. The minimum absolute atomic E-state index is 0.696. The molecule has 0 atom stereocenters. The van der Waals surface area contributed by atoms with E-state index in [1.807, 2.05) is 24.3 Å². The van der Waals surface area contributed by atoms with Crippen LogP contribution in [-0.2, 0) is 6.42 Å². The number of aromatic amines is 1. The van der Waals surface area contributed by atoms with Gasteiger partial charge < -0.3 is 5.73 Å². The fourth-order valence-corrected chi connectivity index (χ4v) is 3.34. The Balaban J connectivity index is 1.96. The lowest BCUT2D eigenvalue weighted by atomic mass is 10.1. The Morgan fingerprint density at radius 1 is 1.05 bits per heavy atom. The largest absolute Gasteiger partial charge is 0.398 e. The van der Waals surface area contributed by atoms with E-state index in [1.165, 1.54) is 5.69 Å². The van der Waals surface area contributed by atoms with Gasteiger partial charge in [-0.3, -0.25) is 0 Å². The van der Waals surface area contributed by atoms with Gasteiger partial charge in [-0.1, -0.05) is 35.9 Å². The Bertz CT molecular complexity index is 830. The van der Waals surface area contributed by atoms with Crippen LogP contribution in [0.5, 0.6) is 0 Å². The van der Waals surface area contributed by atoms with Crippen molar-refractivity contribution >= 4 is 39.7 Å². The number of hydrogen-bond donors (Lipinski definition) is 1. The molecular formula is C17H15ClN3+. The molecule has 0 spiro atoms. The van der Waals surface area contributed by atoms with Crippen LogP contribution >= 0.6 is 11.6 Å².